The molecule has 0 fully saturated rings. The second-order valence-electron chi connectivity index (χ2n) is 4.22. The number of benzene rings is 1. The number of hydrogen-bond donors (Lipinski definition) is 0. The van der Waals surface area contributed by atoms with Crippen molar-refractivity contribution in [3.05, 3.63) is 41.8 Å². The van der Waals surface area contributed by atoms with Crippen LogP contribution < -0.4 is 0 Å². The van der Waals surface area contributed by atoms with Gasteiger partial charge in [-0.25, -0.2) is 23.1 Å². The van der Waals surface area contributed by atoms with Crippen LogP contribution in [0.5, 0.6) is 0 Å². The quantitative estimate of drug-likeness (QED) is 0.506. The van der Waals surface area contributed by atoms with E-state index in [1.54, 1.807) is 12.1 Å². The third-order valence-electron chi connectivity index (χ3n) is 2.84. The van der Waals surface area contributed by atoms with Crippen LogP contribution in [-0.2, 0) is 0 Å². The summed E-state index contributed by atoms with van der Waals surface area (Å²) in [5.74, 6) is -0.632. The maximum atomic E-state index is 13.0. The zero-order valence-corrected chi connectivity index (χ0v) is 12.2. The summed E-state index contributed by atoms with van der Waals surface area (Å²) in [6.45, 7) is 0. The molecule has 0 aliphatic rings. The highest BCUT2D eigenvalue weighted by molar-refractivity contribution is 7.99. The summed E-state index contributed by atoms with van der Waals surface area (Å²) in [5, 5.41) is 3.17. The Kier molecular flexibility index (Phi) is 4.12. The summed E-state index contributed by atoms with van der Waals surface area (Å²) in [6, 6.07) is 6.06. The summed E-state index contributed by atoms with van der Waals surface area (Å²) in [4.78, 5) is 9.01. The molecule has 2 heterocycles. The lowest BCUT2D eigenvalue weighted by atomic mass is 10.1. The molecular formula is C14H9F3N2S2. The number of thioether (sulfide) groups is 1. The minimum absolute atomic E-state index is 0.315. The van der Waals surface area contributed by atoms with Gasteiger partial charge in [-0.2, -0.15) is 0 Å². The van der Waals surface area contributed by atoms with Gasteiger partial charge in [-0.05, 0) is 17.7 Å². The van der Waals surface area contributed by atoms with Crippen LogP contribution in [0.4, 0.5) is 13.2 Å². The van der Waals surface area contributed by atoms with Crippen LogP contribution in [0.1, 0.15) is 0 Å². The van der Waals surface area contributed by atoms with Crippen LogP contribution in [0.25, 0.3) is 21.3 Å². The lowest BCUT2D eigenvalue weighted by molar-refractivity contribution is 0.177. The standard InChI is InChI=1S/C14H9F3N2S2/c15-9-3-1-8(2-4-9)10-5-20-13-12(10)14(19-7-18-13)21-6-11(16)17/h1-5,7,11H,6H2. The fourth-order valence-corrected chi connectivity index (χ4v) is 3.68. The van der Waals surface area contributed by atoms with Gasteiger partial charge in [-0.1, -0.05) is 23.9 Å². The van der Waals surface area contributed by atoms with E-state index in [0.717, 1.165) is 33.1 Å². The molecule has 0 saturated carbocycles. The molecule has 0 saturated heterocycles. The van der Waals surface area contributed by atoms with Gasteiger partial charge in [0.2, 0.25) is 6.43 Å². The zero-order chi connectivity index (χ0) is 14.8. The first-order valence-electron chi connectivity index (χ1n) is 6.04. The van der Waals surface area contributed by atoms with Crippen molar-refractivity contribution in [3.63, 3.8) is 0 Å². The third kappa shape index (κ3) is 3.03. The molecule has 2 nitrogen and oxygen atoms in total. The number of alkyl halides is 2. The number of aromatic nitrogens is 2. The van der Waals surface area contributed by atoms with Crippen LogP contribution >= 0.6 is 23.1 Å². The van der Waals surface area contributed by atoms with E-state index >= 15 is 0 Å². The topological polar surface area (TPSA) is 25.8 Å². The Labute approximate surface area is 127 Å². The second kappa shape index (κ2) is 6.03. The van der Waals surface area contributed by atoms with Gasteiger partial charge >= 0.3 is 0 Å². The molecule has 2 aromatic heterocycles. The van der Waals surface area contributed by atoms with Gasteiger partial charge in [0.25, 0.3) is 0 Å². The van der Waals surface area contributed by atoms with Crippen molar-refractivity contribution in [1.82, 2.24) is 9.97 Å². The van der Waals surface area contributed by atoms with Gasteiger partial charge in [0.15, 0.2) is 0 Å². The van der Waals surface area contributed by atoms with Crippen molar-refractivity contribution in [1.29, 1.82) is 0 Å². The molecule has 7 heteroatoms. The van der Waals surface area contributed by atoms with Gasteiger partial charge in [0, 0.05) is 10.9 Å². The molecule has 21 heavy (non-hydrogen) atoms. The van der Waals surface area contributed by atoms with Gasteiger partial charge in [-0.15, -0.1) is 11.3 Å². The molecule has 0 amide bonds. The van der Waals surface area contributed by atoms with E-state index in [0.29, 0.717) is 5.03 Å². The first-order chi connectivity index (χ1) is 10.1. The van der Waals surface area contributed by atoms with Crippen LogP contribution in [0.3, 0.4) is 0 Å². The maximum absolute atomic E-state index is 13.0. The highest BCUT2D eigenvalue weighted by atomic mass is 32.2. The summed E-state index contributed by atoms with van der Waals surface area (Å²) < 4.78 is 37.8. The number of fused-ring (bicyclic) bond motifs is 1. The Morgan fingerprint density at radius 2 is 1.90 bits per heavy atom. The summed E-state index contributed by atoms with van der Waals surface area (Å²) in [5.41, 5.74) is 1.66. The van der Waals surface area contributed by atoms with E-state index in [-0.39, 0.29) is 11.6 Å². The molecule has 108 valence electrons. The molecule has 3 aromatic rings. The molecule has 0 N–H and O–H groups in total. The van der Waals surface area contributed by atoms with E-state index < -0.39 is 6.43 Å². The van der Waals surface area contributed by atoms with E-state index in [9.17, 15) is 13.2 Å². The summed E-state index contributed by atoms with van der Waals surface area (Å²) in [6.07, 6.45) is -1.02. The summed E-state index contributed by atoms with van der Waals surface area (Å²) >= 11 is 2.42. The number of nitrogens with zero attached hydrogens (tertiary/aromatic N) is 2. The van der Waals surface area contributed by atoms with Gasteiger partial charge in [0.1, 0.15) is 22.0 Å². The Hall–Kier alpha value is -1.60. The second-order valence-corrected chi connectivity index (χ2v) is 6.08. The number of thiophene rings is 1. The number of halogens is 3. The fraction of sp³-hybridized carbons (Fsp3) is 0.143. The first-order valence-corrected chi connectivity index (χ1v) is 7.91. The molecule has 0 bridgehead atoms. The number of hydrogen-bond acceptors (Lipinski definition) is 4. The van der Waals surface area contributed by atoms with Crippen molar-refractivity contribution in [2.24, 2.45) is 0 Å². The van der Waals surface area contributed by atoms with E-state index in [1.165, 1.54) is 29.8 Å². The monoisotopic (exact) mass is 326 g/mol. The van der Waals surface area contributed by atoms with Gasteiger partial charge in [0.05, 0.1) is 11.1 Å². The third-order valence-corrected chi connectivity index (χ3v) is 4.72. The van der Waals surface area contributed by atoms with Crippen LogP contribution in [0, 0.1) is 5.82 Å². The predicted molar refractivity (Wildman–Crippen MR) is 79.5 cm³/mol. The Morgan fingerprint density at radius 1 is 1.14 bits per heavy atom. The average molecular weight is 326 g/mol. The molecule has 3 rings (SSSR count). The van der Waals surface area contributed by atoms with E-state index in [4.69, 9.17) is 0 Å². The van der Waals surface area contributed by atoms with Crippen molar-refractivity contribution in [3.8, 4) is 11.1 Å². The molecule has 0 aliphatic heterocycles. The Bertz CT molecular complexity index is 757. The van der Waals surface area contributed by atoms with E-state index in [2.05, 4.69) is 9.97 Å². The molecule has 0 spiro atoms. The lowest BCUT2D eigenvalue weighted by Crippen LogP contribution is -1.95. The van der Waals surface area contributed by atoms with E-state index in [1.807, 2.05) is 5.38 Å². The predicted octanol–water partition coefficient (Wildman–Crippen LogP) is 4.85. The van der Waals surface area contributed by atoms with Gasteiger partial charge < -0.3 is 0 Å². The molecule has 0 aliphatic carbocycles. The molecule has 0 atom stereocenters. The van der Waals surface area contributed by atoms with Gasteiger partial charge in [-0.3, -0.25) is 0 Å². The molecule has 0 unspecified atom stereocenters. The highest BCUT2D eigenvalue weighted by Crippen LogP contribution is 2.38. The number of rotatable bonds is 4. The maximum Gasteiger partial charge on any atom is 0.247 e. The van der Waals surface area contributed by atoms with Crippen molar-refractivity contribution >= 4 is 33.3 Å². The van der Waals surface area contributed by atoms with Crippen LogP contribution in [0.2, 0.25) is 0 Å². The zero-order valence-electron chi connectivity index (χ0n) is 10.6. The lowest BCUT2D eigenvalue weighted by Gasteiger charge is -2.05. The largest absolute Gasteiger partial charge is 0.247 e. The molecule has 1 aromatic carbocycles. The smallest absolute Gasteiger partial charge is 0.229 e. The Morgan fingerprint density at radius 3 is 2.62 bits per heavy atom. The minimum atomic E-state index is -2.40. The average Bonchev–Trinajstić information content (AvgIpc) is 2.90. The Balaban J connectivity index is 2.08. The highest BCUT2D eigenvalue weighted by Gasteiger charge is 2.15. The molecular weight excluding hydrogens is 317 g/mol. The van der Waals surface area contributed by atoms with Crippen molar-refractivity contribution in [2.75, 3.05) is 5.75 Å². The SMILES string of the molecule is Fc1ccc(-c2csc3ncnc(SCC(F)F)c23)cc1. The van der Waals surface area contributed by atoms with Crippen LogP contribution in [-0.4, -0.2) is 22.1 Å². The minimum Gasteiger partial charge on any atom is -0.229 e. The van der Waals surface area contributed by atoms with Crippen molar-refractivity contribution < 1.29 is 13.2 Å². The fourth-order valence-electron chi connectivity index (χ4n) is 1.94. The van der Waals surface area contributed by atoms with Crippen LogP contribution in [0.15, 0.2) is 41.0 Å². The first kappa shape index (κ1) is 14.3. The summed E-state index contributed by atoms with van der Waals surface area (Å²) in [7, 11) is 0. The normalized spacial score (nSPS) is 11.4. The molecule has 0 radical (unpaired) electrons. The van der Waals surface area contributed by atoms with Crippen molar-refractivity contribution in [2.45, 2.75) is 11.5 Å².